The minimum Gasteiger partial charge on any atom is -0.382 e. The van der Waals surface area contributed by atoms with E-state index in [1.807, 2.05) is 6.92 Å². The number of rotatable bonds is 7. The molecule has 2 nitrogen and oxygen atoms in total. The molecule has 1 unspecified atom stereocenters. The Labute approximate surface area is 76.7 Å². The second kappa shape index (κ2) is 7.56. The smallest absolute Gasteiger partial charge is 0.0468 e. The fourth-order valence-corrected chi connectivity index (χ4v) is 0.968. The maximum atomic E-state index is 5.28. The lowest BCUT2D eigenvalue weighted by molar-refractivity contribution is 0.133. The van der Waals surface area contributed by atoms with Crippen molar-refractivity contribution in [3.05, 3.63) is 0 Å². The van der Waals surface area contributed by atoms with Gasteiger partial charge in [0.15, 0.2) is 0 Å². The molecule has 0 rings (SSSR count). The first-order valence-electron chi connectivity index (χ1n) is 4.98. The highest BCUT2D eigenvalue weighted by molar-refractivity contribution is 4.59. The minimum absolute atomic E-state index is 0.597. The van der Waals surface area contributed by atoms with Gasteiger partial charge in [-0.05, 0) is 25.8 Å². The SMILES string of the molecule is CCOCCC(C)CNC(C)C. The molecule has 0 amide bonds. The largest absolute Gasteiger partial charge is 0.382 e. The molecule has 0 aliphatic rings. The average Bonchev–Trinajstić information content (AvgIpc) is 2.01. The third-order valence-corrected chi connectivity index (χ3v) is 1.83. The zero-order valence-corrected chi connectivity index (χ0v) is 8.89. The molecule has 74 valence electrons. The van der Waals surface area contributed by atoms with E-state index in [4.69, 9.17) is 4.74 Å². The predicted molar refractivity (Wildman–Crippen MR) is 53.4 cm³/mol. The quantitative estimate of drug-likeness (QED) is 0.595. The fraction of sp³-hybridized carbons (Fsp3) is 1.00. The molecule has 1 N–H and O–H groups in total. The van der Waals surface area contributed by atoms with E-state index < -0.39 is 0 Å². The molecule has 0 aromatic heterocycles. The Morgan fingerprint density at radius 2 is 1.92 bits per heavy atom. The first-order chi connectivity index (χ1) is 5.66. The van der Waals surface area contributed by atoms with Crippen molar-refractivity contribution in [3.63, 3.8) is 0 Å². The molecular weight excluding hydrogens is 150 g/mol. The van der Waals surface area contributed by atoms with Gasteiger partial charge in [0.05, 0.1) is 0 Å². The Morgan fingerprint density at radius 3 is 2.42 bits per heavy atom. The van der Waals surface area contributed by atoms with Gasteiger partial charge in [-0.2, -0.15) is 0 Å². The molecule has 0 saturated carbocycles. The van der Waals surface area contributed by atoms with Crippen LogP contribution in [0.15, 0.2) is 0 Å². The monoisotopic (exact) mass is 173 g/mol. The van der Waals surface area contributed by atoms with Crippen LogP contribution < -0.4 is 5.32 Å². The lowest BCUT2D eigenvalue weighted by Gasteiger charge is -2.14. The number of ether oxygens (including phenoxy) is 1. The number of hydrogen-bond donors (Lipinski definition) is 1. The van der Waals surface area contributed by atoms with Gasteiger partial charge in [0, 0.05) is 19.3 Å². The van der Waals surface area contributed by atoms with Gasteiger partial charge in [-0.15, -0.1) is 0 Å². The van der Waals surface area contributed by atoms with Gasteiger partial charge in [-0.25, -0.2) is 0 Å². The standard InChI is InChI=1S/C10H23NO/c1-5-12-7-6-10(4)8-11-9(2)3/h9-11H,5-8H2,1-4H3. The maximum Gasteiger partial charge on any atom is 0.0468 e. The summed E-state index contributed by atoms with van der Waals surface area (Å²) >= 11 is 0. The molecule has 1 atom stereocenters. The lowest BCUT2D eigenvalue weighted by atomic mass is 10.1. The molecule has 0 fully saturated rings. The molecule has 0 aromatic rings. The third-order valence-electron chi connectivity index (χ3n) is 1.83. The summed E-state index contributed by atoms with van der Waals surface area (Å²) in [6.45, 7) is 11.5. The summed E-state index contributed by atoms with van der Waals surface area (Å²) in [5.41, 5.74) is 0. The summed E-state index contributed by atoms with van der Waals surface area (Å²) in [6.07, 6.45) is 1.16. The molecule has 0 aromatic carbocycles. The molecule has 2 heteroatoms. The molecule has 0 aliphatic carbocycles. The predicted octanol–water partition coefficient (Wildman–Crippen LogP) is 2.05. The summed E-state index contributed by atoms with van der Waals surface area (Å²) in [5.74, 6) is 0.721. The van der Waals surface area contributed by atoms with Crippen molar-refractivity contribution in [3.8, 4) is 0 Å². The molecule has 0 aliphatic heterocycles. The van der Waals surface area contributed by atoms with Crippen molar-refractivity contribution >= 4 is 0 Å². The zero-order chi connectivity index (χ0) is 9.40. The minimum atomic E-state index is 0.597. The van der Waals surface area contributed by atoms with Crippen LogP contribution in [0.1, 0.15) is 34.1 Å². The first kappa shape index (κ1) is 11.9. The topological polar surface area (TPSA) is 21.3 Å². The second-order valence-corrected chi connectivity index (χ2v) is 3.65. The van der Waals surface area contributed by atoms with Crippen LogP contribution in [-0.4, -0.2) is 25.8 Å². The van der Waals surface area contributed by atoms with E-state index in [1.54, 1.807) is 0 Å². The molecule has 0 bridgehead atoms. The fourth-order valence-electron chi connectivity index (χ4n) is 0.968. The van der Waals surface area contributed by atoms with Crippen LogP contribution in [0.4, 0.5) is 0 Å². The molecule has 0 heterocycles. The van der Waals surface area contributed by atoms with Crippen LogP contribution >= 0.6 is 0 Å². The Kier molecular flexibility index (Phi) is 7.51. The van der Waals surface area contributed by atoms with Gasteiger partial charge in [-0.3, -0.25) is 0 Å². The van der Waals surface area contributed by atoms with E-state index in [-0.39, 0.29) is 0 Å². The van der Waals surface area contributed by atoms with E-state index >= 15 is 0 Å². The van der Waals surface area contributed by atoms with Crippen LogP contribution in [0.2, 0.25) is 0 Å². The van der Waals surface area contributed by atoms with Crippen molar-refractivity contribution in [2.45, 2.75) is 40.2 Å². The third kappa shape index (κ3) is 8.02. The molecule has 0 radical (unpaired) electrons. The van der Waals surface area contributed by atoms with Gasteiger partial charge in [0.1, 0.15) is 0 Å². The number of hydrogen-bond acceptors (Lipinski definition) is 2. The van der Waals surface area contributed by atoms with Gasteiger partial charge in [-0.1, -0.05) is 20.8 Å². The second-order valence-electron chi connectivity index (χ2n) is 3.65. The Balaban J connectivity index is 3.15. The maximum absolute atomic E-state index is 5.28. The van der Waals surface area contributed by atoms with Crippen molar-refractivity contribution < 1.29 is 4.74 Å². The lowest BCUT2D eigenvalue weighted by Crippen LogP contribution is -2.28. The Bertz CT molecular complexity index is 93.8. The molecule has 0 spiro atoms. The van der Waals surface area contributed by atoms with Gasteiger partial charge < -0.3 is 10.1 Å². The molecule has 0 saturated heterocycles. The van der Waals surface area contributed by atoms with E-state index in [1.165, 1.54) is 0 Å². The molecule has 12 heavy (non-hydrogen) atoms. The van der Waals surface area contributed by atoms with E-state index in [0.717, 1.165) is 32.1 Å². The van der Waals surface area contributed by atoms with Gasteiger partial charge >= 0.3 is 0 Å². The van der Waals surface area contributed by atoms with Crippen LogP contribution in [0.3, 0.4) is 0 Å². The average molecular weight is 173 g/mol. The molecular formula is C10H23NO. The summed E-state index contributed by atoms with van der Waals surface area (Å²) < 4.78 is 5.28. The van der Waals surface area contributed by atoms with Crippen LogP contribution in [0, 0.1) is 5.92 Å². The highest BCUT2D eigenvalue weighted by atomic mass is 16.5. The van der Waals surface area contributed by atoms with Gasteiger partial charge in [0.25, 0.3) is 0 Å². The van der Waals surface area contributed by atoms with Crippen LogP contribution in [0.5, 0.6) is 0 Å². The highest BCUT2D eigenvalue weighted by Gasteiger charge is 2.01. The highest BCUT2D eigenvalue weighted by Crippen LogP contribution is 2.00. The van der Waals surface area contributed by atoms with E-state index in [9.17, 15) is 0 Å². The van der Waals surface area contributed by atoms with Crippen LogP contribution in [0.25, 0.3) is 0 Å². The van der Waals surface area contributed by atoms with Crippen molar-refractivity contribution in [1.29, 1.82) is 0 Å². The van der Waals surface area contributed by atoms with E-state index in [0.29, 0.717) is 6.04 Å². The van der Waals surface area contributed by atoms with Gasteiger partial charge in [0.2, 0.25) is 0 Å². The first-order valence-corrected chi connectivity index (χ1v) is 4.98. The normalized spacial score (nSPS) is 13.8. The summed E-state index contributed by atoms with van der Waals surface area (Å²) in [7, 11) is 0. The summed E-state index contributed by atoms with van der Waals surface area (Å²) in [6, 6.07) is 0.597. The summed E-state index contributed by atoms with van der Waals surface area (Å²) in [4.78, 5) is 0. The summed E-state index contributed by atoms with van der Waals surface area (Å²) in [5, 5.41) is 3.42. The van der Waals surface area contributed by atoms with E-state index in [2.05, 4.69) is 26.1 Å². The van der Waals surface area contributed by atoms with Crippen molar-refractivity contribution in [2.24, 2.45) is 5.92 Å². The van der Waals surface area contributed by atoms with Crippen molar-refractivity contribution in [2.75, 3.05) is 19.8 Å². The Hall–Kier alpha value is -0.0800. The number of nitrogens with one attached hydrogen (secondary N) is 1. The van der Waals surface area contributed by atoms with Crippen LogP contribution in [-0.2, 0) is 4.74 Å². The Morgan fingerprint density at radius 1 is 1.25 bits per heavy atom. The zero-order valence-electron chi connectivity index (χ0n) is 8.89. The van der Waals surface area contributed by atoms with Crippen molar-refractivity contribution in [1.82, 2.24) is 5.32 Å².